The average molecular weight is 461 g/mol. The molecule has 0 aromatic carbocycles. The number of aliphatic hydroxyl groups excluding tert-OH is 2. The fraction of sp³-hybridized carbons (Fsp3) is 0.609. The number of hydrogen-bond acceptors (Lipinski definition) is 8. The zero-order chi connectivity index (χ0) is 22.3. The van der Waals surface area contributed by atoms with Gasteiger partial charge in [-0.15, -0.1) is 11.3 Å². The molecule has 3 heterocycles. The first-order valence-corrected chi connectivity index (χ1v) is 13.1. The molecular formula is C23H32N4O2S2. The Labute approximate surface area is 192 Å². The van der Waals surface area contributed by atoms with Gasteiger partial charge in [0.1, 0.15) is 4.83 Å². The monoisotopic (exact) mass is 460 g/mol. The highest BCUT2D eigenvalue weighted by atomic mass is 32.2. The van der Waals surface area contributed by atoms with E-state index in [2.05, 4.69) is 13.8 Å². The van der Waals surface area contributed by atoms with E-state index in [0.717, 1.165) is 40.1 Å². The molecule has 3 aromatic rings. The number of nitrogens with zero attached hydrogens (tertiary/aromatic N) is 4. The topological polar surface area (TPSA) is 82.4 Å². The molecule has 4 rings (SSSR count). The molecule has 3 aromatic heterocycles. The highest BCUT2D eigenvalue weighted by molar-refractivity contribution is 7.98. The molecule has 168 valence electrons. The molecule has 2 atom stereocenters. The van der Waals surface area contributed by atoms with Gasteiger partial charge in [0.2, 0.25) is 0 Å². The van der Waals surface area contributed by atoms with E-state index >= 15 is 0 Å². The number of thioether (sulfide) groups is 1. The van der Waals surface area contributed by atoms with Gasteiger partial charge in [0.25, 0.3) is 0 Å². The van der Waals surface area contributed by atoms with Gasteiger partial charge in [0.15, 0.2) is 11.0 Å². The molecule has 0 fully saturated rings. The van der Waals surface area contributed by atoms with Gasteiger partial charge in [-0.05, 0) is 62.8 Å². The SMILES string of the molecule is CSc1nc(N(C[C@H](C)O)C[C@@H](C)O)c2sc3nc(CC(C)C)c4c(c3c2n1)CCC4. The van der Waals surface area contributed by atoms with Gasteiger partial charge >= 0.3 is 0 Å². The van der Waals surface area contributed by atoms with Crippen LogP contribution in [0.1, 0.15) is 50.9 Å². The molecule has 8 heteroatoms. The molecule has 31 heavy (non-hydrogen) atoms. The van der Waals surface area contributed by atoms with Gasteiger partial charge in [-0.2, -0.15) is 0 Å². The molecule has 2 N–H and O–H groups in total. The van der Waals surface area contributed by atoms with E-state index in [1.807, 2.05) is 11.2 Å². The molecule has 1 aliphatic rings. The van der Waals surface area contributed by atoms with Crippen LogP contribution < -0.4 is 4.90 Å². The van der Waals surface area contributed by atoms with Gasteiger partial charge in [-0.1, -0.05) is 25.6 Å². The Hall–Kier alpha value is -1.48. The molecule has 1 aliphatic carbocycles. The molecule has 0 radical (unpaired) electrons. The number of anilines is 1. The standard InChI is InChI=1S/C23H32N4O2S2/c1-12(2)9-17-15-7-6-8-16(15)18-19-20(31-22(18)24-17)21(26-23(25-19)30-5)27(10-13(3)28)11-14(4)29/h12-14,28-29H,6-11H2,1-5H3/t13-,14+. The Balaban J connectivity index is 1.99. The minimum atomic E-state index is -0.532. The Bertz CT molecular complexity index is 1080. The van der Waals surface area contributed by atoms with E-state index < -0.39 is 12.2 Å². The van der Waals surface area contributed by atoms with E-state index in [1.54, 1.807) is 25.2 Å². The normalized spacial score (nSPS) is 15.7. The lowest BCUT2D eigenvalue weighted by molar-refractivity contribution is 0.178. The minimum absolute atomic E-state index is 0.406. The molecule has 0 spiro atoms. The second kappa shape index (κ2) is 9.17. The summed E-state index contributed by atoms with van der Waals surface area (Å²) >= 11 is 3.17. The average Bonchev–Trinajstić information content (AvgIpc) is 3.29. The summed E-state index contributed by atoms with van der Waals surface area (Å²) in [5.41, 5.74) is 5.06. The van der Waals surface area contributed by atoms with Crippen molar-refractivity contribution in [1.29, 1.82) is 0 Å². The van der Waals surface area contributed by atoms with Crippen LogP contribution in [0.5, 0.6) is 0 Å². The first-order chi connectivity index (χ1) is 14.8. The maximum absolute atomic E-state index is 10.1. The van der Waals surface area contributed by atoms with Crippen LogP contribution in [0.4, 0.5) is 5.82 Å². The third kappa shape index (κ3) is 4.53. The third-order valence-electron chi connectivity index (χ3n) is 5.63. The van der Waals surface area contributed by atoms with Crippen LogP contribution in [0, 0.1) is 5.92 Å². The number of aryl methyl sites for hydroxylation is 1. The zero-order valence-corrected chi connectivity index (χ0v) is 20.6. The minimum Gasteiger partial charge on any atom is -0.392 e. The highest BCUT2D eigenvalue weighted by Gasteiger charge is 2.27. The summed E-state index contributed by atoms with van der Waals surface area (Å²) in [5.74, 6) is 1.35. The summed E-state index contributed by atoms with van der Waals surface area (Å²) in [5, 5.41) is 22.1. The van der Waals surface area contributed by atoms with Crippen LogP contribution >= 0.6 is 23.1 Å². The van der Waals surface area contributed by atoms with Crippen molar-refractivity contribution < 1.29 is 10.2 Å². The van der Waals surface area contributed by atoms with Crippen molar-refractivity contribution in [1.82, 2.24) is 15.0 Å². The highest BCUT2D eigenvalue weighted by Crippen LogP contribution is 2.43. The smallest absolute Gasteiger partial charge is 0.189 e. The van der Waals surface area contributed by atoms with Crippen LogP contribution in [0.2, 0.25) is 0 Å². The van der Waals surface area contributed by atoms with E-state index in [0.29, 0.717) is 24.2 Å². The van der Waals surface area contributed by atoms with Crippen LogP contribution in [0.15, 0.2) is 5.16 Å². The number of aromatic nitrogens is 3. The zero-order valence-electron chi connectivity index (χ0n) is 19.0. The van der Waals surface area contributed by atoms with Crippen LogP contribution in [0.25, 0.3) is 20.4 Å². The van der Waals surface area contributed by atoms with Gasteiger partial charge in [-0.25, -0.2) is 15.0 Å². The lowest BCUT2D eigenvalue weighted by atomic mass is 9.99. The van der Waals surface area contributed by atoms with Gasteiger partial charge in [0.05, 0.1) is 22.4 Å². The molecule has 0 amide bonds. The van der Waals surface area contributed by atoms with Crippen molar-refractivity contribution in [2.75, 3.05) is 24.2 Å². The summed E-state index contributed by atoms with van der Waals surface area (Å²) < 4.78 is 0.998. The molecule has 0 aliphatic heterocycles. The summed E-state index contributed by atoms with van der Waals surface area (Å²) in [4.78, 5) is 17.9. The maximum atomic E-state index is 10.1. The number of aliphatic hydroxyl groups is 2. The molecular weight excluding hydrogens is 428 g/mol. The second-order valence-electron chi connectivity index (χ2n) is 9.06. The molecule has 6 nitrogen and oxygen atoms in total. The first-order valence-electron chi connectivity index (χ1n) is 11.1. The summed E-state index contributed by atoms with van der Waals surface area (Å²) in [6.07, 6.45) is 5.26. The van der Waals surface area contributed by atoms with Crippen molar-refractivity contribution in [2.45, 2.75) is 70.7 Å². The van der Waals surface area contributed by atoms with Crippen molar-refractivity contribution in [3.05, 3.63) is 16.8 Å². The van der Waals surface area contributed by atoms with E-state index in [9.17, 15) is 10.2 Å². The van der Waals surface area contributed by atoms with Crippen molar-refractivity contribution in [3.63, 3.8) is 0 Å². The fourth-order valence-corrected chi connectivity index (χ4v) is 6.10. The molecule has 0 saturated heterocycles. The Kier molecular flexibility index (Phi) is 6.72. The number of hydrogen-bond donors (Lipinski definition) is 2. The fourth-order valence-electron chi connectivity index (χ4n) is 4.56. The lowest BCUT2D eigenvalue weighted by Gasteiger charge is -2.27. The molecule has 0 saturated carbocycles. The van der Waals surface area contributed by atoms with E-state index in [4.69, 9.17) is 15.0 Å². The van der Waals surface area contributed by atoms with Crippen molar-refractivity contribution >= 4 is 49.3 Å². The predicted molar refractivity (Wildman–Crippen MR) is 131 cm³/mol. The number of pyridine rings is 1. The van der Waals surface area contributed by atoms with Crippen LogP contribution in [-0.2, 0) is 19.3 Å². The largest absolute Gasteiger partial charge is 0.392 e. The van der Waals surface area contributed by atoms with Crippen molar-refractivity contribution in [2.24, 2.45) is 5.92 Å². The van der Waals surface area contributed by atoms with Gasteiger partial charge in [0, 0.05) is 24.2 Å². The Morgan fingerprint density at radius 1 is 1.00 bits per heavy atom. The third-order valence-corrected chi connectivity index (χ3v) is 7.25. The quantitative estimate of drug-likeness (QED) is 0.385. The van der Waals surface area contributed by atoms with E-state index in [1.165, 1.54) is 40.4 Å². The van der Waals surface area contributed by atoms with Gasteiger partial charge in [-0.3, -0.25) is 0 Å². The predicted octanol–water partition coefficient (Wildman–Crippen LogP) is 4.22. The van der Waals surface area contributed by atoms with E-state index in [-0.39, 0.29) is 0 Å². The molecule has 0 unspecified atom stereocenters. The van der Waals surface area contributed by atoms with Crippen LogP contribution in [-0.4, -0.2) is 56.7 Å². The van der Waals surface area contributed by atoms with Crippen LogP contribution in [0.3, 0.4) is 0 Å². The Morgan fingerprint density at radius 2 is 1.68 bits per heavy atom. The number of fused-ring (bicyclic) bond motifs is 5. The first kappa shape index (κ1) is 22.7. The number of thiophene rings is 1. The summed E-state index contributed by atoms with van der Waals surface area (Å²) in [7, 11) is 0. The van der Waals surface area contributed by atoms with Gasteiger partial charge < -0.3 is 15.1 Å². The van der Waals surface area contributed by atoms with Crippen molar-refractivity contribution in [3.8, 4) is 0 Å². The summed E-state index contributed by atoms with van der Waals surface area (Å²) in [6, 6.07) is 0. The molecule has 0 bridgehead atoms. The maximum Gasteiger partial charge on any atom is 0.189 e. The summed E-state index contributed by atoms with van der Waals surface area (Å²) in [6.45, 7) is 8.83. The second-order valence-corrected chi connectivity index (χ2v) is 10.8. The lowest BCUT2D eigenvalue weighted by Crippen LogP contribution is -2.37. The Morgan fingerprint density at radius 3 is 2.29 bits per heavy atom. The number of rotatable bonds is 8.